The third-order valence-corrected chi connectivity index (χ3v) is 8.96. The molecule has 2 aliphatic carbocycles. The SMILES string of the molecule is CNCC1Cc2cc(F)c(OCCC3(S(N)(=O)=O)CCC3)cc2C1Cc1cccc(F)c1. The van der Waals surface area contributed by atoms with Crippen LogP contribution in [0, 0.1) is 17.6 Å². The van der Waals surface area contributed by atoms with E-state index in [0.717, 1.165) is 36.1 Å². The van der Waals surface area contributed by atoms with Gasteiger partial charge in [-0.3, -0.25) is 0 Å². The lowest BCUT2D eigenvalue weighted by atomic mass is 9.82. The Bertz CT molecular complexity index is 1090. The summed E-state index contributed by atoms with van der Waals surface area (Å²) in [5, 5.41) is 8.63. The Kier molecular flexibility index (Phi) is 6.56. The van der Waals surface area contributed by atoms with E-state index in [0.29, 0.717) is 19.3 Å². The smallest absolute Gasteiger partial charge is 0.214 e. The van der Waals surface area contributed by atoms with Crippen molar-refractivity contribution < 1.29 is 21.9 Å². The van der Waals surface area contributed by atoms with Gasteiger partial charge in [-0.05, 0) is 92.1 Å². The number of hydrogen-bond donors (Lipinski definition) is 2. The Hall–Kier alpha value is -2.03. The van der Waals surface area contributed by atoms with E-state index in [9.17, 15) is 17.2 Å². The fourth-order valence-corrected chi connectivity index (χ4v) is 6.41. The second kappa shape index (κ2) is 9.08. The minimum atomic E-state index is -3.67. The molecule has 1 fully saturated rings. The molecule has 2 atom stereocenters. The van der Waals surface area contributed by atoms with Gasteiger partial charge >= 0.3 is 0 Å². The van der Waals surface area contributed by atoms with Gasteiger partial charge in [-0.15, -0.1) is 0 Å². The summed E-state index contributed by atoms with van der Waals surface area (Å²) in [5.74, 6) is -0.231. The van der Waals surface area contributed by atoms with Crippen molar-refractivity contribution in [1.82, 2.24) is 5.32 Å². The van der Waals surface area contributed by atoms with Gasteiger partial charge in [0.25, 0.3) is 0 Å². The number of halogens is 2. The Labute approximate surface area is 188 Å². The van der Waals surface area contributed by atoms with Gasteiger partial charge in [0.1, 0.15) is 5.82 Å². The van der Waals surface area contributed by atoms with Crippen LogP contribution in [0.2, 0.25) is 0 Å². The van der Waals surface area contributed by atoms with Gasteiger partial charge < -0.3 is 10.1 Å². The molecule has 2 unspecified atom stereocenters. The van der Waals surface area contributed by atoms with Crippen molar-refractivity contribution in [3.05, 3.63) is 64.7 Å². The second-order valence-corrected chi connectivity index (χ2v) is 11.1. The highest BCUT2D eigenvalue weighted by Gasteiger charge is 2.46. The van der Waals surface area contributed by atoms with Crippen LogP contribution < -0.4 is 15.2 Å². The predicted molar refractivity (Wildman–Crippen MR) is 120 cm³/mol. The number of sulfonamides is 1. The number of fused-ring (bicyclic) bond motifs is 1. The number of hydrogen-bond acceptors (Lipinski definition) is 4. The molecular weight excluding hydrogens is 434 g/mol. The van der Waals surface area contributed by atoms with Crippen LogP contribution in [0.1, 0.15) is 48.3 Å². The zero-order valence-electron chi connectivity index (χ0n) is 18.2. The van der Waals surface area contributed by atoms with Crippen LogP contribution in [0.3, 0.4) is 0 Å². The van der Waals surface area contributed by atoms with Crippen molar-refractivity contribution in [1.29, 1.82) is 0 Å². The molecule has 2 aromatic carbocycles. The fourth-order valence-electron chi connectivity index (χ4n) is 5.19. The van der Waals surface area contributed by atoms with Crippen molar-refractivity contribution in [2.24, 2.45) is 11.1 Å². The largest absolute Gasteiger partial charge is 0.490 e. The van der Waals surface area contributed by atoms with Crippen molar-refractivity contribution in [2.45, 2.75) is 49.2 Å². The van der Waals surface area contributed by atoms with Crippen LogP contribution in [0.25, 0.3) is 0 Å². The van der Waals surface area contributed by atoms with Gasteiger partial charge in [0, 0.05) is 6.42 Å². The highest BCUT2D eigenvalue weighted by atomic mass is 32.2. The first-order valence-electron chi connectivity index (χ1n) is 11.1. The maximum absolute atomic E-state index is 14.8. The summed E-state index contributed by atoms with van der Waals surface area (Å²) in [6, 6.07) is 9.85. The lowest BCUT2D eigenvalue weighted by molar-refractivity contribution is 0.231. The van der Waals surface area contributed by atoms with Crippen molar-refractivity contribution in [2.75, 3.05) is 20.2 Å². The highest BCUT2D eigenvalue weighted by Crippen LogP contribution is 2.43. The molecular formula is C24H30F2N2O3S. The molecule has 4 rings (SSSR count). The molecule has 0 bridgehead atoms. The highest BCUT2D eigenvalue weighted by molar-refractivity contribution is 7.90. The number of ether oxygens (including phenoxy) is 1. The Morgan fingerprint density at radius 1 is 1.22 bits per heavy atom. The normalized spacial score (nSPS) is 21.8. The molecule has 1 saturated carbocycles. The summed E-state index contributed by atoms with van der Waals surface area (Å²) in [4.78, 5) is 0. The van der Waals surface area contributed by atoms with Crippen molar-refractivity contribution in [3.63, 3.8) is 0 Å². The topological polar surface area (TPSA) is 81.4 Å². The molecule has 2 aliphatic rings. The maximum atomic E-state index is 14.8. The van der Waals surface area contributed by atoms with Crippen LogP contribution in [-0.2, 0) is 22.9 Å². The first kappa shape index (κ1) is 23.1. The fraction of sp³-hybridized carbons (Fsp3) is 0.500. The maximum Gasteiger partial charge on any atom is 0.214 e. The van der Waals surface area contributed by atoms with E-state index in [4.69, 9.17) is 9.88 Å². The number of nitrogens with two attached hydrogens (primary N) is 1. The van der Waals surface area contributed by atoms with Gasteiger partial charge in [-0.2, -0.15) is 0 Å². The van der Waals surface area contributed by atoms with E-state index in [1.165, 1.54) is 12.1 Å². The zero-order valence-corrected chi connectivity index (χ0v) is 19.1. The summed E-state index contributed by atoms with van der Waals surface area (Å²) < 4.78 is 57.2. The van der Waals surface area contributed by atoms with Gasteiger partial charge in [0.05, 0.1) is 11.4 Å². The molecule has 8 heteroatoms. The molecule has 174 valence electrons. The van der Waals surface area contributed by atoms with Crippen LogP contribution in [-0.4, -0.2) is 33.4 Å². The minimum Gasteiger partial charge on any atom is -0.490 e. The van der Waals surface area contributed by atoms with Gasteiger partial charge in [-0.25, -0.2) is 22.3 Å². The van der Waals surface area contributed by atoms with E-state index < -0.39 is 20.6 Å². The third kappa shape index (κ3) is 4.54. The Morgan fingerprint density at radius 3 is 2.62 bits per heavy atom. The Morgan fingerprint density at radius 2 is 2.00 bits per heavy atom. The molecule has 5 nitrogen and oxygen atoms in total. The van der Waals surface area contributed by atoms with Crippen LogP contribution in [0.15, 0.2) is 36.4 Å². The third-order valence-electron chi connectivity index (χ3n) is 7.14. The average molecular weight is 465 g/mol. The molecule has 0 spiro atoms. The summed E-state index contributed by atoms with van der Waals surface area (Å²) in [6.45, 7) is 0.851. The van der Waals surface area contributed by atoms with Gasteiger partial charge in [-0.1, -0.05) is 18.6 Å². The number of nitrogens with one attached hydrogen (secondary N) is 1. The molecule has 32 heavy (non-hydrogen) atoms. The molecule has 3 N–H and O–H groups in total. The molecule has 0 aliphatic heterocycles. The molecule has 0 amide bonds. The van der Waals surface area contributed by atoms with E-state index in [1.54, 1.807) is 18.2 Å². The zero-order chi connectivity index (χ0) is 22.9. The van der Waals surface area contributed by atoms with Crippen LogP contribution >= 0.6 is 0 Å². The molecule has 0 saturated heterocycles. The van der Waals surface area contributed by atoms with Crippen molar-refractivity contribution >= 4 is 10.0 Å². The minimum absolute atomic E-state index is 0.0840. The molecule has 0 heterocycles. The first-order valence-corrected chi connectivity index (χ1v) is 12.6. The summed E-state index contributed by atoms with van der Waals surface area (Å²) in [7, 11) is -1.79. The van der Waals surface area contributed by atoms with E-state index in [2.05, 4.69) is 5.32 Å². The average Bonchev–Trinajstić information content (AvgIpc) is 2.99. The standard InChI is InChI=1S/C24H30F2N2O3S/c1-28-15-18-12-17-13-22(26)23(31-9-8-24(6-3-7-24)32(27,29)30)14-21(17)20(18)11-16-4-2-5-19(25)10-16/h2,4-5,10,13-14,18,20,28H,3,6-9,11-12,15H2,1H3,(H2,27,29,30). The molecule has 0 radical (unpaired) electrons. The van der Waals surface area contributed by atoms with Gasteiger partial charge in [0.2, 0.25) is 10.0 Å². The quantitative estimate of drug-likeness (QED) is 0.594. The lowest BCUT2D eigenvalue weighted by Crippen LogP contribution is -2.49. The summed E-state index contributed by atoms with van der Waals surface area (Å²) in [6.07, 6.45) is 3.49. The monoisotopic (exact) mass is 464 g/mol. The van der Waals surface area contributed by atoms with E-state index in [1.807, 2.05) is 13.1 Å². The van der Waals surface area contributed by atoms with Crippen LogP contribution in [0.5, 0.6) is 5.75 Å². The Balaban J connectivity index is 1.54. The molecule has 0 aromatic heterocycles. The molecule has 2 aromatic rings. The number of primary sulfonamides is 1. The lowest BCUT2D eigenvalue weighted by Gasteiger charge is -2.39. The van der Waals surface area contributed by atoms with E-state index >= 15 is 0 Å². The van der Waals surface area contributed by atoms with Gasteiger partial charge in [0.15, 0.2) is 11.6 Å². The summed E-state index contributed by atoms with van der Waals surface area (Å²) in [5.41, 5.74) is 2.85. The predicted octanol–water partition coefficient (Wildman–Crippen LogP) is 3.66. The van der Waals surface area contributed by atoms with Crippen LogP contribution in [0.4, 0.5) is 8.78 Å². The summed E-state index contributed by atoms with van der Waals surface area (Å²) >= 11 is 0. The van der Waals surface area contributed by atoms with Crippen molar-refractivity contribution in [3.8, 4) is 5.75 Å². The van der Waals surface area contributed by atoms with E-state index in [-0.39, 0.29) is 36.4 Å². The first-order chi connectivity index (χ1) is 15.2. The number of benzene rings is 2. The number of rotatable bonds is 9. The second-order valence-electron chi connectivity index (χ2n) is 9.12.